The van der Waals surface area contributed by atoms with Crippen molar-refractivity contribution in [3.8, 4) is 0 Å². The summed E-state index contributed by atoms with van der Waals surface area (Å²) >= 11 is 0. The fourth-order valence-electron chi connectivity index (χ4n) is 2.83. The van der Waals surface area contributed by atoms with Crippen molar-refractivity contribution >= 4 is 23.8 Å². The number of carbonyl (C=O) groups excluding carboxylic acids is 4. The molecule has 8 heteroatoms. The number of nitrogens with zero attached hydrogens (tertiary/aromatic N) is 1. The third-order valence-corrected chi connectivity index (χ3v) is 4.40. The van der Waals surface area contributed by atoms with Crippen LogP contribution in [0.1, 0.15) is 44.6 Å². The number of unbranched alkanes of at least 4 members (excludes halogenated alkanes) is 3. The average molecular weight is 386 g/mol. The Bertz CT molecular complexity index is 748. The van der Waals surface area contributed by atoms with Crippen LogP contribution in [0, 0.1) is 5.92 Å². The van der Waals surface area contributed by atoms with Crippen molar-refractivity contribution in [3.05, 3.63) is 48.2 Å². The van der Waals surface area contributed by atoms with E-state index in [2.05, 4.69) is 29.7 Å². The molecule has 1 heterocycles. The Hall–Kier alpha value is -3.16. The molecule has 1 aliphatic heterocycles. The number of nitrogens with one attached hydrogen (secondary N) is 3. The van der Waals surface area contributed by atoms with Crippen molar-refractivity contribution in [1.82, 2.24) is 21.1 Å². The molecular formula is C20H26N4O4. The summed E-state index contributed by atoms with van der Waals surface area (Å²) in [6.45, 7) is 5.80. The highest BCUT2D eigenvalue weighted by Gasteiger charge is 2.42. The molecule has 1 aliphatic rings. The molecule has 2 rings (SSSR count). The molecule has 150 valence electrons. The minimum absolute atomic E-state index is 0.00923. The van der Waals surface area contributed by atoms with Crippen LogP contribution in [0.2, 0.25) is 0 Å². The summed E-state index contributed by atoms with van der Waals surface area (Å²) in [6.07, 6.45) is 4.20. The molecule has 3 N–H and O–H groups in total. The Morgan fingerprint density at radius 1 is 1.11 bits per heavy atom. The van der Waals surface area contributed by atoms with E-state index in [1.54, 1.807) is 24.3 Å². The zero-order valence-electron chi connectivity index (χ0n) is 16.0. The van der Waals surface area contributed by atoms with Gasteiger partial charge in [0.05, 0.1) is 6.54 Å². The molecule has 5 amide bonds. The van der Waals surface area contributed by atoms with Gasteiger partial charge in [-0.3, -0.25) is 30.0 Å². The van der Waals surface area contributed by atoms with Crippen molar-refractivity contribution in [2.45, 2.75) is 45.6 Å². The van der Waals surface area contributed by atoms with Gasteiger partial charge in [-0.15, -0.1) is 0 Å². The van der Waals surface area contributed by atoms with Crippen LogP contribution in [0.5, 0.6) is 0 Å². The molecule has 0 aliphatic carbocycles. The number of benzene rings is 1. The molecule has 0 radical (unpaired) electrons. The summed E-state index contributed by atoms with van der Waals surface area (Å²) in [5.41, 5.74) is 5.75. The van der Waals surface area contributed by atoms with Gasteiger partial charge in [0, 0.05) is 12.1 Å². The largest absolute Gasteiger partial charge is 0.331 e. The molecule has 1 aromatic carbocycles. The Labute approximate surface area is 164 Å². The lowest BCUT2D eigenvalue weighted by Crippen LogP contribution is -2.59. The van der Waals surface area contributed by atoms with Crippen molar-refractivity contribution in [1.29, 1.82) is 0 Å². The first-order valence-electron chi connectivity index (χ1n) is 9.37. The van der Waals surface area contributed by atoms with Crippen LogP contribution in [0.4, 0.5) is 4.79 Å². The second kappa shape index (κ2) is 10.2. The van der Waals surface area contributed by atoms with Gasteiger partial charge in [-0.2, -0.15) is 0 Å². The zero-order chi connectivity index (χ0) is 20.5. The van der Waals surface area contributed by atoms with E-state index in [1.165, 1.54) is 0 Å². The average Bonchev–Trinajstić information content (AvgIpc) is 2.67. The number of urea groups is 1. The molecule has 1 aromatic rings. The number of hydrazine groups is 1. The molecular weight excluding hydrogens is 360 g/mol. The second-order valence-corrected chi connectivity index (χ2v) is 6.65. The van der Waals surface area contributed by atoms with Gasteiger partial charge in [0.2, 0.25) is 17.7 Å². The van der Waals surface area contributed by atoms with Crippen molar-refractivity contribution in [3.63, 3.8) is 0 Å². The maximum atomic E-state index is 12.7. The van der Waals surface area contributed by atoms with Crippen molar-refractivity contribution < 1.29 is 19.2 Å². The van der Waals surface area contributed by atoms with Crippen LogP contribution >= 0.6 is 0 Å². The normalized spacial score (nSPS) is 16.5. The summed E-state index contributed by atoms with van der Waals surface area (Å²) < 4.78 is 0. The number of amides is 5. The summed E-state index contributed by atoms with van der Waals surface area (Å²) in [6, 6.07) is 8.19. The Kier molecular flexibility index (Phi) is 7.74. The third-order valence-electron chi connectivity index (χ3n) is 4.40. The molecule has 28 heavy (non-hydrogen) atoms. The monoisotopic (exact) mass is 386 g/mol. The molecule has 0 spiro atoms. The number of imide groups is 2. The van der Waals surface area contributed by atoms with Gasteiger partial charge in [0.1, 0.15) is 0 Å². The topological polar surface area (TPSA) is 108 Å². The van der Waals surface area contributed by atoms with E-state index < -0.39 is 23.8 Å². The van der Waals surface area contributed by atoms with Crippen LogP contribution in [0.15, 0.2) is 42.6 Å². The summed E-state index contributed by atoms with van der Waals surface area (Å²) in [5.74, 6) is -3.01. The number of barbiturate groups is 1. The quantitative estimate of drug-likeness (QED) is 0.324. The molecule has 0 saturated carbocycles. The number of rotatable bonds is 10. The van der Waals surface area contributed by atoms with E-state index in [4.69, 9.17) is 0 Å². The van der Waals surface area contributed by atoms with E-state index in [9.17, 15) is 19.2 Å². The van der Waals surface area contributed by atoms with Gasteiger partial charge in [-0.25, -0.2) is 4.79 Å². The maximum absolute atomic E-state index is 12.7. The van der Waals surface area contributed by atoms with Gasteiger partial charge in [0.25, 0.3) is 0 Å². The van der Waals surface area contributed by atoms with Gasteiger partial charge < -0.3 is 5.43 Å². The lowest BCUT2D eigenvalue weighted by Gasteiger charge is -2.31. The Balaban J connectivity index is 1.94. The van der Waals surface area contributed by atoms with Gasteiger partial charge >= 0.3 is 6.03 Å². The lowest BCUT2D eigenvalue weighted by atomic mass is 10.0. The van der Waals surface area contributed by atoms with Crippen LogP contribution in [-0.4, -0.2) is 28.7 Å². The van der Waals surface area contributed by atoms with E-state index in [-0.39, 0.29) is 18.1 Å². The molecule has 0 unspecified atom stereocenters. The zero-order valence-corrected chi connectivity index (χ0v) is 16.0. The highest BCUT2D eigenvalue weighted by Crippen LogP contribution is 2.18. The highest BCUT2D eigenvalue weighted by atomic mass is 16.2. The fraction of sp³-hybridized carbons (Fsp3) is 0.400. The smallest absolute Gasteiger partial charge is 0.302 e. The second-order valence-electron chi connectivity index (χ2n) is 6.65. The molecule has 0 bridgehead atoms. The van der Waals surface area contributed by atoms with Crippen molar-refractivity contribution in [2.75, 3.05) is 0 Å². The minimum Gasteiger partial charge on any atom is -0.302 e. The first kappa shape index (κ1) is 21.1. The van der Waals surface area contributed by atoms with E-state index in [0.717, 1.165) is 36.1 Å². The minimum atomic E-state index is -1.30. The standard InChI is InChI=1S/C20H26N4O4/c1-3-4-5-9-12-16(25)23-22-14(2)17-18(26)21-20(28)24(19(17)27)13-15-10-7-6-8-11-15/h6-8,10-11,17,22H,2-5,9,12-13H2,1H3,(H,23,25)(H,21,26,28)/t17-/m1/s1. The molecule has 8 nitrogen and oxygen atoms in total. The van der Waals surface area contributed by atoms with Crippen LogP contribution in [0.3, 0.4) is 0 Å². The predicted molar refractivity (Wildman–Crippen MR) is 103 cm³/mol. The van der Waals surface area contributed by atoms with Crippen LogP contribution in [-0.2, 0) is 20.9 Å². The SMILES string of the molecule is C=C(NNC(=O)CCCCCC)[C@@H]1C(=O)NC(=O)N(Cc2ccccc2)C1=O. The first-order valence-corrected chi connectivity index (χ1v) is 9.37. The first-order chi connectivity index (χ1) is 13.4. The Morgan fingerprint density at radius 3 is 2.50 bits per heavy atom. The summed E-state index contributed by atoms with van der Waals surface area (Å²) in [5, 5.41) is 2.16. The van der Waals surface area contributed by atoms with E-state index in [1.807, 2.05) is 6.07 Å². The van der Waals surface area contributed by atoms with Crippen molar-refractivity contribution in [2.24, 2.45) is 5.92 Å². The predicted octanol–water partition coefficient (Wildman–Crippen LogP) is 1.99. The fourth-order valence-corrected chi connectivity index (χ4v) is 2.83. The maximum Gasteiger partial charge on any atom is 0.331 e. The molecule has 0 aromatic heterocycles. The number of carbonyl (C=O) groups is 4. The number of hydrogen-bond donors (Lipinski definition) is 3. The van der Waals surface area contributed by atoms with Gasteiger partial charge in [-0.05, 0) is 12.0 Å². The summed E-state index contributed by atoms with van der Waals surface area (Å²) in [7, 11) is 0. The Morgan fingerprint density at radius 2 is 1.82 bits per heavy atom. The molecule has 1 atom stereocenters. The number of hydrogen-bond acceptors (Lipinski definition) is 5. The van der Waals surface area contributed by atoms with Gasteiger partial charge in [0.15, 0.2) is 5.92 Å². The van der Waals surface area contributed by atoms with Crippen LogP contribution in [0.25, 0.3) is 0 Å². The van der Waals surface area contributed by atoms with Gasteiger partial charge in [-0.1, -0.05) is 63.1 Å². The highest BCUT2D eigenvalue weighted by molar-refractivity contribution is 6.17. The summed E-state index contributed by atoms with van der Waals surface area (Å²) in [4.78, 5) is 49.7. The van der Waals surface area contributed by atoms with E-state index in [0.29, 0.717) is 6.42 Å². The third kappa shape index (κ3) is 5.67. The molecule has 1 saturated heterocycles. The van der Waals surface area contributed by atoms with E-state index >= 15 is 0 Å². The van der Waals surface area contributed by atoms with Crippen LogP contribution < -0.4 is 16.2 Å². The lowest BCUT2D eigenvalue weighted by molar-refractivity contribution is -0.141. The molecule has 1 fully saturated rings.